The van der Waals surface area contributed by atoms with Crippen molar-refractivity contribution in [3.63, 3.8) is 0 Å². The number of nitrogens with zero attached hydrogens (tertiary/aromatic N) is 4. The van der Waals surface area contributed by atoms with Crippen LogP contribution in [0.2, 0.25) is 0 Å². The van der Waals surface area contributed by atoms with E-state index in [0.29, 0.717) is 29.5 Å². The van der Waals surface area contributed by atoms with Gasteiger partial charge in [0, 0.05) is 23.4 Å². The molecule has 0 aliphatic heterocycles. The van der Waals surface area contributed by atoms with E-state index >= 15 is 0 Å². The van der Waals surface area contributed by atoms with E-state index in [0.717, 1.165) is 22.1 Å². The molecule has 0 atom stereocenters. The number of thioether (sulfide) groups is 1. The molecule has 3 rings (SSSR count). The summed E-state index contributed by atoms with van der Waals surface area (Å²) in [5.74, 6) is 2.52. The Balaban J connectivity index is 1.84. The number of methoxy groups -OCH3 is 2. The fourth-order valence-corrected chi connectivity index (χ4v) is 3.76. The molecule has 1 N–H and O–H groups in total. The van der Waals surface area contributed by atoms with Crippen molar-refractivity contribution < 1.29 is 14.7 Å². The summed E-state index contributed by atoms with van der Waals surface area (Å²) in [6, 6.07) is 15.2. The summed E-state index contributed by atoms with van der Waals surface area (Å²) in [5.41, 5.74) is 2.35. The van der Waals surface area contributed by atoms with E-state index in [1.54, 1.807) is 14.2 Å². The van der Waals surface area contributed by atoms with E-state index in [1.807, 2.05) is 60.0 Å². The number of hydrogen-bond acceptors (Lipinski definition) is 7. The number of ether oxygens (including phenoxy) is 2. The van der Waals surface area contributed by atoms with Crippen LogP contribution in [0.5, 0.6) is 11.5 Å². The molecule has 0 amide bonds. The highest BCUT2D eigenvalue weighted by Crippen LogP contribution is 2.33. The molecular formula is C20H22N4O3S. The highest BCUT2D eigenvalue weighted by molar-refractivity contribution is 7.99. The van der Waals surface area contributed by atoms with Crippen LogP contribution < -0.4 is 9.47 Å². The maximum Gasteiger partial charge on any atom is 0.191 e. The molecule has 2 aromatic carbocycles. The molecule has 7 nitrogen and oxygen atoms in total. The van der Waals surface area contributed by atoms with Crippen molar-refractivity contribution >= 4 is 17.5 Å². The van der Waals surface area contributed by atoms with Crippen LogP contribution in [0.3, 0.4) is 0 Å². The average Bonchev–Trinajstić information content (AvgIpc) is 3.17. The van der Waals surface area contributed by atoms with Crippen LogP contribution in [0.1, 0.15) is 12.5 Å². The molecule has 28 heavy (non-hydrogen) atoms. The monoisotopic (exact) mass is 398 g/mol. The predicted molar refractivity (Wildman–Crippen MR) is 110 cm³/mol. The summed E-state index contributed by atoms with van der Waals surface area (Å²) in [6.07, 6.45) is 0. The molecule has 8 heteroatoms. The van der Waals surface area contributed by atoms with Crippen LogP contribution in [-0.4, -0.2) is 45.7 Å². The molecule has 0 unspecified atom stereocenters. The maximum atomic E-state index is 9.38. The highest BCUT2D eigenvalue weighted by Gasteiger charge is 2.16. The Morgan fingerprint density at radius 2 is 1.82 bits per heavy atom. The van der Waals surface area contributed by atoms with Crippen molar-refractivity contribution in [2.24, 2.45) is 5.16 Å². The summed E-state index contributed by atoms with van der Waals surface area (Å²) in [5, 5.41) is 22.3. The molecule has 1 aromatic heterocycles. The largest absolute Gasteiger partial charge is 0.493 e. The number of oxime groups is 1. The van der Waals surface area contributed by atoms with Crippen molar-refractivity contribution in [3.8, 4) is 22.9 Å². The topological polar surface area (TPSA) is 81.8 Å². The average molecular weight is 398 g/mol. The normalized spacial score (nSPS) is 11.5. The van der Waals surface area contributed by atoms with Crippen LogP contribution in [0.25, 0.3) is 11.4 Å². The molecule has 0 radical (unpaired) electrons. The lowest BCUT2D eigenvalue weighted by atomic mass is 10.1. The van der Waals surface area contributed by atoms with Crippen molar-refractivity contribution in [1.29, 1.82) is 0 Å². The maximum absolute atomic E-state index is 9.38. The van der Waals surface area contributed by atoms with Crippen LogP contribution in [0.15, 0.2) is 58.8 Å². The summed E-state index contributed by atoms with van der Waals surface area (Å²) in [7, 11) is 3.21. The van der Waals surface area contributed by atoms with E-state index in [9.17, 15) is 5.21 Å². The lowest BCUT2D eigenvalue weighted by molar-refractivity contribution is 0.319. The first-order chi connectivity index (χ1) is 13.7. The van der Waals surface area contributed by atoms with Gasteiger partial charge in [-0.25, -0.2) is 0 Å². The summed E-state index contributed by atoms with van der Waals surface area (Å²) >= 11 is 1.47. The molecule has 146 valence electrons. The zero-order valence-corrected chi connectivity index (χ0v) is 16.8. The van der Waals surface area contributed by atoms with Gasteiger partial charge >= 0.3 is 0 Å². The van der Waals surface area contributed by atoms with Crippen LogP contribution >= 0.6 is 11.8 Å². The molecule has 0 bridgehead atoms. The minimum absolute atomic E-state index is 0.477. The first-order valence-electron chi connectivity index (χ1n) is 8.76. The van der Waals surface area contributed by atoms with Gasteiger partial charge in [-0.05, 0) is 25.1 Å². The van der Waals surface area contributed by atoms with Gasteiger partial charge in [-0.1, -0.05) is 47.2 Å². The SMILES string of the molecule is CCn1c(SC/C(=N/O)c2ccccc2)nnc1-c1ccc(OC)c(OC)c1. The molecule has 0 saturated heterocycles. The van der Waals surface area contributed by atoms with Gasteiger partial charge in [0.15, 0.2) is 22.5 Å². The van der Waals surface area contributed by atoms with E-state index < -0.39 is 0 Å². The Hall–Kier alpha value is -3.00. The predicted octanol–water partition coefficient (Wildman–Crippen LogP) is 3.95. The minimum Gasteiger partial charge on any atom is -0.493 e. The lowest BCUT2D eigenvalue weighted by Gasteiger charge is -2.11. The first-order valence-corrected chi connectivity index (χ1v) is 9.75. The van der Waals surface area contributed by atoms with Gasteiger partial charge in [0.05, 0.1) is 19.9 Å². The fraction of sp³-hybridized carbons (Fsp3) is 0.250. The smallest absolute Gasteiger partial charge is 0.191 e. The lowest BCUT2D eigenvalue weighted by Crippen LogP contribution is -2.06. The highest BCUT2D eigenvalue weighted by atomic mass is 32.2. The van der Waals surface area contributed by atoms with Crippen molar-refractivity contribution in [2.45, 2.75) is 18.6 Å². The van der Waals surface area contributed by atoms with Crippen LogP contribution in [-0.2, 0) is 6.54 Å². The van der Waals surface area contributed by atoms with Gasteiger partial charge in [0.1, 0.15) is 0 Å². The van der Waals surface area contributed by atoms with Gasteiger partial charge in [-0.3, -0.25) is 0 Å². The van der Waals surface area contributed by atoms with Crippen LogP contribution in [0.4, 0.5) is 0 Å². The number of benzene rings is 2. The molecular weight excluding hydrogens is 376 g/mol. The number of rotatable bonds is 8. The summed E-state index contributed by atoms with van der Waals surface area (Å²) in [6.45, 7) is 2.74. The van der Waals surface area contributed by atoms with E-state index in [2.05, 4.69) is 15.4 Å². The van der Waals surface area contributed by atoms with Crippen molar-refractivity contribution in [2.75, 3.05) is 20.0 Å². The van der Waals surface area contributed by atoms with Gasteiger partial charge in [0.2, 0.25) is 0 Å². The standard InChI is InChI=1S/C20H22N4O3S/c1-4-24-19(15-10-11-17(26-2)18(12-15)27-3)21-22-20(24)28-13-16(23-25)14-8-6-5-7-9-14/h5-12,25H,4,13H2,1-3H3/b23-16-. The number of hydrogen-bond donors (Lipinski definition) is 1. The number of aromatic nitrogens is 3. The molecule has 0 aliphatic carbocycles. The van der Waals surface area contributed by atoms with Gasteiger partial charge in [0.25, 0.3) is 0 Å². The van der Waals surface area contributed by atoms with Gasteiger partial charge in [-0.15, -0.1) is 10.2 Å². The Bertz CT molecular complexity index is 957. The second-order valence-corrected chi connectivity index (χ2v) is 6.76. The Kier molecular flexibility index (Phi) is 6.54. The zero-order chi connectivity index (χ0) is 19.9. The molecule has 0 spiro atoms. The molecule has 1 heterocycles. The van der Waals surface area contributed by atoms with Crippen molar-refractivity contribution in [3.05, 3.63) is 54.1 Å². The second kappa shape index (κ2) is 9.27. The van der Waals surface area contributed by atoms with Crippen LogP contribution in [0, 0.1) is 0 Å². The molecule has 3 aromatic rings. The van der Waals surface area contributed by atoms with E-state index in [1.165, 1.54) is 11.8 Å². The first kappa shape index (κ1) is 19.8. The molecule has 0 aliphatic rings. The Morgan fingerprint density at radius 3 is 2.46 bits per heavy atom. The zero-order valence-electron chi connectivity index (χ0n) is 16.0. The third-order valence-corrected chi connectivity index (χ3v) is 5.22. The third kappa shape index (κ3) is 4.12. The quantitative estimate of drug-likeness (QED) is 0.268. The van der Waals surface area contributed by atoms with Gasteiger partial charge < -0.3 is 19.2 Å². The minimum atomic E-state index is 0.477. The fourth-order valence-electron chi connectivity index (χ4n) is 2.80. The summed E-state index contributed by atoms with van der Waals surface area (Å²) in [4.78, 5) is 0. The second-order valence-electron chi connectivity index (χ2n) is 5.82. The third-order valence-electron chi connectivity index (χ3n) is 4.24. The van der Waals surface area contributed by atoms with Gasteiger partial charge in [-0.2, -0.15) is 0 Å². The summed E-state index contributed by atoms with van der Waals surface area (Å²) < 4.78 is 12.7. The Morgan fingerprint density at radius 1 is 1.07 bits per heavy atom. The van der Waals surface area contributed by atoms with E-state index in [4.69, 9.17) is 9.47 Å². The van der Waals surface area contributed by atoms with E-state index in [-0.39, 0.29) is 0 Å². The molecule has 0 fully saturated rings. The Labute approximate surface area is 168 Å². The molecule has 0 saturated carbocycles. The van der Waals surface area contributed by atoms with Crippen molar-refractivity contribution in [1.82, 2.24) is 14.8 Å².